The quantitative estimate of drug-likeness (QED) is 0.792. The molecule has 0 radical (unpaired) electrons. The first kappa shape index (κ1) is 18.1. The van der Waals surface area contributed by atoms with Gasteiger partial charge in [-0.1, -0.05) is 33.8 Å². The molecule has 1 aromatic rings. The average molecular weight is 298 g/mol. The van der Waals surface area contributed by atoms with Gasteiger partial charge in [0.05, 0.1) is 0 Å². The third kappa shape index (κ3) is 3.61. The molecule has 1 aromatic carbocycles. The molecule has 1 rings (SSSR count). The summed E-state index contributed by atoms with van der Waals surface area (Å²) in [6.07, 6.45) is 1.95. The summed E-state index contributed by atoms with van der Waals surface area (Å²) in [7, 11) is 0. The number of benzene rings is 1. The zero-order valence-corrected chi connectivity index (χ0v) is 13.6. The Morgan fingerprint density at radius 1 is 1.05 bits per heavy atom. The fourth-order valence-corrected chi connectivity index (χ4v) is 3.45. The highest BCUT2D eigenvalue weighted by molar-refractivity contribution is 5.22. The van der Waals surface area contributed by atoms with Crippen molar-refractivity contribution < 1.29 is 8.78 Å². The van der Waals surface area contributed by atoms with E-state index in [1.807, 2.05) is 0 Å². The Kier molecular flexibility index (Phi) is 6.75. The van der Waals surface area contributed by atoms with Gasteiger partial charge in [-0.15, -0.1) is 0 Å². The zero-order valence-electron chi connectivity index (χ0n) is 13.6. The van der Waals surface area contributed by atoms with Crippen molar-refractivity contribution in [1.29, 1.82) is 0 Å². The van der Waals surface area contributed by atoms with E-state index in [4.69, 9.17) is 5.73 Å². The van der Waals surface area contributed by atoms with E-state index < -0.39 is 11.6 Å². The minimum Gasteiger partial charge on any atom is -0.326 e. The molecule has 0 amide bonds. The summed E-state index contributed by atoms with van der Waals surface area (Å²) in [4.78, 5) is 2.32. The largest absolute Gasteiger partial charge is 0.326 e. The van der Waals surface area contributed by atoms with E-state index in [9.17, 15) is 8.78 Å². The molecule has 0 spiro atoms. The van der Waals surface area contributed by atoms with Crippen LogP contribution >= 0.6 is 0 Å². The van der Waals surface area contributed by atoms with Crippen molar-refractivity contribution in [1.82, 2.24) is 4.90 Å². The molecule has 1 unspecified atom stereocenters. The fraction of sp³-hybridized carbons (Fsp3) is 0.647. The Labute approximate surface area is 127 Å². The van der Waals surface area contributed by atoms with Crippen LogP contribution in [0.4, 0.5) is 8.78 Å². The van der Waals surface area contributed by atoms with Crippen molar-refractivity contribution in [2.24, 2.45) is 5.73 Å². The lowest BCUT2D eigenvalue weighted by atomic mass is 9.80. The fourth-order valence-electron chi connectivity index (χ4n) is 3.45. The Bertz CT molecular complexity index is 420. The SMILES string of the molecule is CCN(CC)C(CC)(CC)C(N)Cc1c(F)cccc1F. The summed E-state index contributed by atoms with van der Waals surface area (Å²) in [5, 5.41) is 0. The molecular weight excluding hydrogens is 270 g/mol. The number of nitrogens with two attached hydrogens (primary N) is 1. The predicted octanol–water partition coefficient (Wildman–Crippen LogP) is 3.74. The number of likely N-dealkylation sites (N-methyl/N-ethyl adjacent to an activating group) is 1. The molecule has 4 heteroatoms. The highest BCUT2D eigenvalue weighted by Crippen LogP contribution is 2.29. The first-order chi connectivity index (χ1) is 9.96. The molecular formula is C17H28F2N2. The van der Waals surface area contributed by atoms with Crippen molar-refractivity contribution >= 4 is 0 Å². The van der Waals surface area contributed by atoms with Gasteiger partial charge in [0.15, 0.2) is 0 Å². The third-order valence-electron chi connectivity index (χ3n) is 4.79. The van der Waals surface area contributed by atoms with E-state index in [0.717, 1.165) is 25.9 Å². The maximum Gasteiger partial charge on any atom is 0.129 e. The molecule has 0 saturated heterocycles. The number of halogens is 2. The molecule has 120 valence electrons. The summed E-state index contributed by atoms with van der Waals surface area (Å²) in [6.45, 7) is 10.1. The van der Waals surface area contributed by atoms with Gasteiger partial charge in [0.1, 0.15) is 11.6 Å². The molecule has 2 nitrogen and oxygen atoms in total. The van der Waals surface area contributed by atoms with Gasteiger partial charge < -0.3 is 5.73 Å². The molecule has 0 aliphatic heterocycles. The number of hydrogen-bond donors (Lipinski definition) is 1. The summed E-state index contributed by atoms with van der Waals surface area (Å²) in [6, 6.07) is 3.67. The van der Waals surface area contributed by atoms with Crippen LogP contribution < -0.4 is 5.73 Å². The van der Waals surface area contributed by atoms with Crippen molar-refractivity contribution in [2.75, 3.05) is 13.1 Å². The zero-order chi connectivity index (χ0) is 16.0. The van der Waals surface area contributed by atoms with Gasteiger partial charge >= 0.3 is 0 Å². The van der Waals surface area contributed by atoms with Gasteiger partial charge in [0, 0.05) is 17.1 Å². The van der Waals surface area contributed by atoms with E-state index in [-0.39, 0.29) is 23.6 Å². The van der Waals surface area contributed by atoms with Crippen LogP contribution in [0.3, 0.4) is 0 Å². The van der Waals surface area contributed by atoms with Crippen LogP contribution in [0.2, 0.25) is 0 Å². The van der Waals surface area contributed by atoms with Crippen molar-refractivity contribution in [2.45, 2.75) is 58.5 Å². The summed E-state index contributed by atoms with van der Waals surface area (Å²) in [5.74, 6) is -1.02. The second-order valence-corrected chi connectivity index (χ2v) is 5.49. The van der Waals surface area contributed by atoms with E-state index in [1.54, 1.807) is 0 Å². The van der Waals surface area contributed by atoms with Crippen molar-refractivity contribution in [3.05, 3.63) is 35.4 Å². The maximum absolute atomic E-state index is 13.9. The van der Waals surface area contributed by atoms with Gasteiger partial charge in [-0.05, 0) is 44.5 Å². The van der Waals surface area contributed by atoms with E-state index in [2.05, 4.69) is 32.6 Å². The van der Waals surface area contributed by atoms with Crippen molar-refractivity contribution in [3.8, 4) is 0 Å². The molecule has 21 heavy (non-hydrogen) atoms. The van der Waals surface area contributed by atoms with Gasteiger partial charge in [-0.2, -0.15) is 0 Å². The third-order valence-corrected chi connectivity index (χ3v) is 4.79. The first-order valence-electron chi connectivity index (χ1n) is 7.90. The van der Waals surface area contributed by atoms with Crippen LogP contribution in [0.15, 0.2) is 18.2 Å². The summed E-state index contributed by atoms with van der Waals surface area (Å²) >= 11 is 0. The van der Waals surface area contributed by atoms with Gasteiger partial charge in [0.2, 0.25) is 0 Å². The van der Waals surface area contributed by atoms with Crippen LogP contribution in [0.1, 0.15) is 46.1 Å². The van der Waals surface area contributed by atoms with Gasteiger partial charge in [0.25, 0.3) is 0 Å². The minimum absolute atomic E-state index is 0.100. The lowest BCUT2D eigenvalue weighted by molar-refractivity contribution is 0.0623. The molecule has 0 bridgehead atoms. The second-order valence-electron chi connectivity index (χ2n) is 5.49. The molecule has 0 aliphatic carbocycles. The highest BCUT2D eigenvalue weighted by atomic mass is 19.1. The Morgan fingerprint density at radius 2 is 1.52 bits per heavy atom. The van der Waals surface area contributed by atoms with E-state index in [1.165, 1.54) is 18.2 Å². The maximum atomic E-state index is 13.9. The van der Waals surface area contributed by atoms with E-state index >= 15 is 0 Å². The molecule has 0 aromatic heterocycles. The van der Waals surface area contributed by atoms with Crippen LogP contribution in [-0.4, -0.2) is 29.6 Å². The van der Waals surface area contributed by atoms with Gasteiger partial charge in [-0.3, -0.25) is 4.90 Å². The minimum atomic E-state index is -0.508. The lowest BCUT2D eigenvalue weighted by Gasteiger charge is -2.46. The smallest absolute Gasteiger partial charge is 0.129 e. The van der Waals surface area contributed by atoms with Gasteiger partial charge in [-0.25, -0.2) is 8.78 Å². The molecule has 0 saturated carbocycles. The van der Waals surface area contributed by atoms with Crippen LogP contribution in [-0.2, 0) is 6.42 Å². The number of nitrogens with zero attached hydrogens (tertiary/aromatic N) is 1. The average Bonchev–Trinajstić information content (AvgIpc) is 2.48. The second kappa shape index (κ2) is 7.85. The monoisotopic (exact) mass is 298 g/mol. The highest BCUT2D eigenvalue weighted by Gasteiger charge is 2.38. The van der Waals surface area contributed by atoms with Crippen molar-refractivity contribution in [3.63, 3.8) is 0 Å². The molecule has 0 heterocycles. The molecule has 0 aliphatic rings. The Morgan fingerprint density at radius 3 is 1.90 bits per heavy atom. The first-order valence-corrected chi connectivity index (χ1v) is 7.90. The van der Waals surface area contributed by atoms with E-state index in [0.29, 0.717) is 0 Å². The standard InChI is InChI=1S/C17H28F2N2/c1-5-17(6-2,21(7-3)8-4)16(20)12-13-14(18)10-9-11-15(13)19/h9-11,16H,5-8,12,20H2,1-4H3. The topological polar surface area (TPSA) is 29.3 Å². The van der Waals surface area contributed by atoms with Crippen LogP contribution in [0, 0.1) is 11.6 Å². The Balaban J connectivity index is 3.10. The predicted molar refractivity (Wildman–Crippen MR) is 84.3 cm³/mol. The molecule has 0 fully saturated rings. The molecule has 2 N–H and O–H groups in total. The lowest BCUT2D eigenvalue weighted by Crippen LogP contribution is -2.60. The number of rotatable bonds is 8. The number of hydrogen-bond acceptors (Lipinski definition) is 2. The van der Waals surface area contributed by atoms with Crippen LogP contribution in [0.25, 0.3) is 0 Å². The summed E-state index contributed by atoms with van der Waals surface area (Å²) < 4.78 is 27.7. The Hall–Kier alpha value is -1.00. The normalized spacial score (nSPS) is 13.7. The molecule has 1 atom stereocenters. The van der Waals surface area contributed by atoms with Crippen LogP contribution in [0.5, 0.6) is 0 Å². The summed E-state index contributed by atoms with van der Waals surface area (Å²) in [5.41, 5.74) is 6.30.